The van der Waals surface area contributed by atoms with Gasteiger partial charge in [0.25, 0.3) is 5.56 Å². The predicted molar refractivity (Wildman–Crippen MR) is 145 cm³/mol. The van der Waals surface area contributed by atoms with Crippen LogP contribution in [0.15, 0.2) is 82.2 Å². The lowest BCUT2D eigenvalue weighted by Gasteiger charge is -2.26. The van der Waals surface area contributed by atoms with E-state index in [1.165, 1.54) is 11.3 Å². The fraction of sp³-hybridized carbons (Fsp3) is 0.276. The van der Waals surface area contributed by atoms with Gasteiger partial charge in [0, 0.05) is 11.1 Å². The molecule has 2 aromatic carbocycles. The van der Waals surface area contributed by atoms with E-state index in [9.17, 15) is 9.59 Å². The molecule has 0 saturated carbocycles. The van der Waals surface area contributed by atoms with Crippen molar-refractivity contribution in [3.05, 3.63) is 103 Å². The molecule has 0 bridgehead atoms. The molecule has 4 rings (SSSR count). The zero-order chi connectivity index (χ0) is 26.5. The number of hydrogen-bond acceptors (Lipinski definition) is 7. The highest BCUT2D eigenvalue weighted by Gasteiger charge is 2.35. The van der Waals surface area contributed by atoms with Gasteiger partial charge < -0.3 is 14.2 Å². The number of esters is 1. The van der Waals surface area contributed by atoms with Crippen LogP contribution in [0.1, 0.15) is 44.9 Å². The Labute approximate surface area is 219 Å². The number of ether oxygens (including phenoxy) is 3. The second kappa shape index (κ2) is 11.4. The molecule has 0 unspecified atom stereocenters. The Morgan fingerprint density at radius 2 is 1.86 bits per heavy atom. The lowest BCUT2D eigenvalue weighted by atomic mass is 9.95. The molecule has 37 heavy (non-hydrogen) atoms. The zero-order valence-corrected chi connectivity index (χ0v) is 22.2. The lowest BCUT2D eigenvalue weighted by Crippen LogP contribution is -2.40. The van der Waals surface area contributed by atoms with Crippen molar-refractivity contribution >= 4 is 23.4 Å². The van der Waals surface area contributed by atoms with Crippen LogP contribution < -0.4 is 24.4 Å². The van der Waals surface area contributed by atoms with Crippen LogP contribution >= 0.6 is 11.3 Å². The number of carbonyl (C=O) groups excluding carboxylic acids is 1. The summed E-state index contributed by atoms with van der Waals surface area (Å²) in [7, 11) is 0. The molecule has 0 saturated heterocycles. The molecule has 2 heterocycles. The molecule has 0 aliphatic carbocycles. The summed E-state index contributed by atoms with van der Waals surface area (Å²) in [5.41, 5.74) is 2.01. The SMILES string of the molecule is C=CCOc1ccccc1/C=c1/sc2n(c1=O)[C@H](c1ccccc1OC(C)C)C(C(=O)OCC)=C(C)N=2. The molecule has 192 valence electrons. The number of rotatable bonds is 9. The van der Waals surface area contributed by atoms with Crippen molar-refractivity contribution in [2.24, 2.45) is 4.99 Å². The maximum atomic E-state index is 13.9. The van der Waals surface area contributed by atoms with E-state index >= 15 is 0 Å². The molecule has 1 aliphatic heterocycles. The van der Waals surface area contributed by atoms with E-state index < -0.39 is 12.0 Å². The van der Waals surface area contributed by atoms with Gasteiger partial charge in [-0.05, 0) is 45.9 Å². The first-order chi connectivity index (χ1) is 17.8. The Morgan fingerprint density at radius 1 is 1.16 bits per heavy atom. The molecule has 0 amide bonds. The van der Waals surface area contributed by atoms with E-state index in [0.717, 1.165) is 5.56 Å². The van der Waals surface area contributed by atoms with Gasteiger partial charge in [-0.15, -0.1) is 0 Å². The first-order valence-corrected chi connectivity index (χ1v) is 12.9. The van der Waals surface area contributed by atoms with Gasteiger partial charge in [0.1, 0.15) is 24.1 Å². The molecule has 0 spiro atoms. The second-order valence-corrected chi connectivity index (χ2v) is 9.65. The normalized spacial score (nSPS) is 15.3. The van der Waals surface area contributed by atoms with E-state index in [-0.39, 0.29) is 18.3 Å². The Hall–Kier alpha value is -3.91. The third-order valence-corrected chi connectivity index (χ3v) is 6.64. The molecule has 0 N–H and O–H groups in total. The molecule has 1 aliphatic rings. The fourth-order valence-electron chi connectivity index (χ4n) is 4.17. The molecule has 7 nitrogen and oxygen atoms in total. The number of fused-ring (bicyclic) bond motifs is 1. The number of carbonyl (C=O) groups is 1. The maximum absolute atomic E-state index is 13.9. The van der Waals surface area contributed by atoms with Crippen LogP contribution in [0.4, 0.5) is 0 Å². The first kappa shape index (κ1) is 26.2. The van der Waals surface area contributed by atoms with Gasteiger partial charge in [-0.25, -0.2) is 9.79 Å². The minimum absolute atomic E-state index is 0.0971. The average Bonchev–Trinajstić information content (AvgIpc) is 3.17. The molecule has 0 radical (unpaired) electrons. The number of nitrogens with zero attached hydrogens (tertiary/aromatic N) is 2. The van der Waals surface area contributed by atoms with Crippen molar-refractivity contribution in [2.45, 2.75) is 39.8 Å². The minimum atomic E-state index is -0.750. The van der Waals surface area contributed by atoms with Crippen LogP contribution in [0.3, 0.4) is 0 Å². The Morgan fingerprint density at radius 3 is 2.57 bits per heavy atom. The summed E-state index contributed by atoms with van der Waals surface area (Å²) in [5, 5.41) is 0. The number of aromatic nitrogens is 1. The van der Waals surface area contributed by atoms with E-state index in [2.05, 4.69) is 11.6 Å². The zero-order valence-electron chi connectivity index (χ0n) is 21.4. The summed E-state index contributed by atoms with van der Waals surface area (Å²) < 4.78 is 19.3. The van der Waals surface area contributed by atoms with Crippen LogP contribution in [-0.4, -0.2) is 29.9 Å². The summed E-state index contributed by atoms with van der Waals surface area (Å²) in [6, 6.07) is 14.2. The first-order valence-electron chi connectivity index (χ1n) is 12.1. The van der Waals surface area contributed by atoms with Crippen LogP contribution in [0.25, 0.3) is 6.08 Å². The third-order valence-electron chi connectivity index (χ3n) is 5.66. The highest BCUT2D eigenvalue weighted by atomic mass is 32.1. The van der Waals surface area contributed by atoms with Gasteiger partial charge in [0.15, 0.2) is 4.80 Å². The second-order valence-electron chi connectivity index (χ2n) is 8.64. The van der Waals surface area contributed by atoms with Crippen molar-refractivity contribution in [1.82, 2.24) is 4.57 Å². The summed E-state index contributed by atoms with van der Waals surface area (Å²) in [5.74, 6) is 0.728. The van der Waals surface area contributed by atoms with Crippen molar-refractivity contribution in [3.8, 4) is 11.5 Å². The van der Waals surface area contributed by atoms with Crippen molar-refractivity contribution in [3.63, 3.8) is 0 Å². The van der Waals surface area contributed by atoms with Crippen molar-refractivity contribution in [1.29, 1.82) is 0 Å². The van der Waals surface area contributed by atoms with E-state index in [1.807, 2.05) is 62.4 Å². The highest BCUT2D eigenvalue weighted by Crippen LogP contribution is 2.36. The van der Waals surface area contributed by atoms with Gasteiger partial charge in [0.05, 0.1) is 28.5 Å². The third kappa shape index (κ3) is 5.44. The largest absolute Gasteiger partial charge is 0.491 e. The Bertz CT molecular complexity index is 1530. The van der Waals surface area contributed by atoms with E-state index in [0.29, 0.717) is 44.3 Å². The Kier molecular flexibility index (Phi) is 8.08. The molecule has 8 heteroatoms. The number of hydrogen-bond donors (Lipinski definition) is 0. The van der Waals surface area contributed by atoms with Gasteiger partial charge in [-0.3, -0.25) is 9.36 Å². The summed E-state index contributed by atoms with van der Waals surface area (Å²) in [4.78, 5) is 32.2. The quantitative estimate of drug-likeness (QED) is 0.314. The van der Waals surface area contributed by atoms with E-state index in [1.54, 1.807) is 30.6 Å². The van der Waals surface area contributed by atoms with Crippen LogP contribution in [0, 0.1) is 0 Å². The van der Waals surface area contributed by atoms with Crippen LogP contribution in [-0.2, 0) is 9.53 Å². The lowest BCUT2D eigenvalue weighted by molar-refractivity contribution is -0.139. The molecule has 0 fully saturated rings. The predicted octanol–water partition coefficient (Wildman–Crippen LogP) is 4.15. The fourth-order valence-corrected chi connectivity index (χ4v) is 5.21. The molecule has 1 aromatic heterocycles. The van der Waals surface area contributed by atoms with Crippen LogP contribution in [0.5, 0.6) is 11.5 Å². The summed E-state index contributed by atoms with van der Waals surface area (Å²) in [6.45, 7) is 11.6. The van der Waals surface area contributed by atoms with Gasteiger partial charge in [-0.2, -0.15) is 0 Å². The Balaban J connectivity index is 1.96. The summed E-state index contributed by atoms with van der Waals surface area (Å²) in [6.07, 6.45) is 3.36. The molecule has 1 atom stereocenters. The molecular formula is C29H30N2O5S. The summed E-state index contributed by atoms with van der Waals surface area (Å²) >= 11 is 1.26. The van der Waals surface area contributed by atoms with Gasteiger partial charge >= 0.3 is 5.97 Å². The topological polar surface area (TPSA) is 79.1 Å². The van der Waals surface area contributed by atoms with Crippen molar-refractivity contribution in [2.75, 3.05) is 13.2 Å². The number of allylic oxidation sites excluding steroid dienone is 1. The van der Waals surface area contributed by atoms with Crippen LogP contribution in [0.2, 0.25) is 0 Å². The highest BCUT2D eigenvalue weighted by molar-refractivity contribution is 7.07. The standard InChI is InChI=1S/C29H30N2O5S/c1-6-16-35-22-14-10-8-12-20(22)17-24-27(32)31-26(21-13-9-11-15-23(21)36-18(3)4)25(28(33)34-7-2)19(5)30-29(31)37-24/h6,8-15,17-18,26H,1,7,16H2,2-5H3/b24-17+/t26-/m1/s1. The van der Waals surface area contributed by atoms with Gasteiger partial charge in [-0.1, -0.05) is 60.4 Å². The molecule has 3 aromatic rings. The molecular weight excluding hydrogens is 488 g/mol. The van der Waals surface area contributed by atoms with Gasteiger partial charge in [0.2, 0.25) is 0 Å². The smallest absolute Gasteiger partial charge is 0.338 e. The minimum Gasteiger partial charge on any atom is -0.491 e. The number of benzene rings is 2. The average molecular weight is 519 g/mol. The number of para-hydroxylation sites is 2. The monoisotopic (exact) mass is 518 g/mol. The van der Waals surface area contributed by atoms with Crippen molar-refractivity contribution < 1.29 is 19.0 Å². The number of thiazole rings is 1. The maximum Gasteiger partial charge on any atom is 0.338 e. The van der Waals surface area contributed by atoms with E-state index in [4.69, 9.17) is 14.2 Å².